The maximum atomic E-state index is 13.1. The van der Waals surface area contributed by atoms with Crippen molar-refractivity contribution in [2.45, 2.75) is 6.18 Å². The number of ether oxygens (including phenoxy) is 2. The van der Waals surface area contributed by atoms with Crippen LogP contribution >= 0.6 is 0 Å². The van der Waals surface area contributed by atoms with E-state index in [1.54, 1.807) is 30.3 Å². The normalized spacial score (nSPS) is 13.5. The second kappa shape index (κ2) is 8.10. The topological polar surface area (TPSA) is 71.3 Å². The van der Waals surface area contributed by atoms with Crippen molar-refractivity contribution in [1.29, 1.82) is 5.26 Å². The number of carbonyl (C=O) groups excluding carboxylic acids is 1. The zero-order valence-corrected chi connectivity index (χ0v) is 15.2. The Morgan fingerprint density at radius 2 is 2.03 bits per heavy atom. The highest BCUT2D eigenvalue weighted by molar-refractivity contribution is 6.07. The van der Waals surface area contributed by atoms with E-state index in [9.17, 15) is 23.2 Å². The average Bonchev–Trinajstić information content (AvgIpc) is 2.71. The number of benzene rings is 2. The molecule has 1 amide bonds. The van der Waals surface area contributed by atoms with E-state index in [2.05, 4.69) is 5.32 Å². The van der Waals surface area contributed by atoms with E-state index >= 15 is 0 Å². The summed E-state index contributed by atoms with van der Waals surface area (Å²) in [6, 6.07) is 11.5. The van der Waals surface area contributed by atoms with E-state index < -0.39 is 23.3 Å². The summed E-state index contributed by atoms with van der Waals surface area (Å²) in [5.74, 6) is 0.269. The molecule has 0 fully saturated rings. The number of fused-ring (bicyclic) bond motifs is 1. The number of amides is 1. The minimum absolute atomic E-state index is 0.0950. The Morgan fingerprint density at radius 1 is 1.28 bits per heavy atom. The summed E-state index contributed by atoms with van der Waals surface area (Å²) >= 11 is 0. The molecule has 0 atom stereocenters. The first-order chi connectivity index (χ1) is 13.8. The van der Waals surface area contributed by atoms with Crippen molar-refractivity contribution in [3.8, 4) is 17.6 Å². The number of para-hydroxylation sites is 1. The van der Waals surface area contributed by atoms with Crippen LogP contribution in [0.25, 0.3) is 6.08 Å². The van der Waals surface area contributed by atoms with Gasteiger partial charge in [0, 0.05) is 11.6 Å². The van der Waals surface area contributed by atoms with Crippen LogP contribution in [0.2, 0.25) is 0 Å². The van der Waals surface area contributed by atoms with Crippen LogP contribution in [-0.2, 0) is 11.0 Å². The third-order valence-electron chi connectivity index (χ3n) is 4.13. The van der Waals surface area contributed by atoms with Crippen LogP contribution in [0.15, 0.2) is 59.7 Å². The van der Waals surface area contributed by atoms with Gasteiger partial charge in [-0.2, -0.15) is 18.4 Å². The van der Waals surface area contributed by atoms with E-state index in [1.165, 1.54) is 25.3 Å². The smallest absolute Gasteiger partial charge is 0.418 e. The van der Waals surface area contributed by atoms with Crippen molar-refractivity contribution in [3.63, 3.8) is 0 Å². The van der Waals surface area contributed by atoms with Crippen LogP contribution < -0.4 is 14.8 Å². The summed E-state index contributed by atoms with van der Waals surface area (Å²) in [6.45, 7) is 0.0950. The van der Waals surface area contributed by atoms with Gasteiger partial charge in [-0.15, -0.1) is 0 Å². The Labute approximate surface area is 164 Å². The second-order valence-electron chi connectivity index (χ2n) is 6.08. The quantitative estimate of drug-likeness (QED) is 0.603. The van der Waals surface area contributed by atoms with Crippen molar-refractivity contribution in [1.82, 2.24) is 0 Å². The lowest BCUT2D eigenvalue weighted by molar-refractivity contribution is -0.137. The molecule has 1 aliphatic rings. The Hall–Kier alpha value is -3.73. The Kier molecular flexibility index (Phi) is 5.59. The van der Waals surface area contributed by atoms with Gasteiger partial charge in [-0.1, -0.05) is 12.1 Å². The molecule has 0 saturated carbocycles. The molecule has 0 unspecified atom stereocenters. The minimum Gasteiger partial charge on any atom is -0.497 e. The lowest BCUT2D eigenvalue weighted by Gasteiger charge is -2.17. The summed E-state index contributed by atoms with van der Waals surface area (Å²) in [5, 5.41) is 11.5. The fourth-order valence-electron chi connectivity index (χ4n) is 2.73. The van der Waals surface area contributed by atoms with Gasteiger partial charge >= 0.3 is 6.18 Å². The monoisotopic (exact) mass is 400 g/mol. The Balaban J connectivity index is 1.85. The molecule has 0 spiro atoms. The van der Waals surface area contributed by atoms with Gasteiger partial charge in [-0.05, 0) is 42.0 Å². The average molecular weight is 400 g/mol. The predicted molar refractivity (Wildman–Crippen MR) is 100 cm³/mol. The van der Waals surface area contributed by atoms with Gasteiger partial charge in [-0.25, -0.2) is 0 Å². The van der Waals surface area contributed by atoms with Crippen molar-refractivity contribution in [2.75, 3.05) is 19.0 Å². The van der Waals surface area contributed by atoms with Gasteiger partial charge in [-0.3, -0.25) is 4.79 Å². The third kappa shape index (κ3) is 4.58. The number of hydrogen-bond donors (Lipinski definition) is 1. The standard InChI is InChI=1S/C21H15F3N2O3/c1-28-16-7-6-14-8-13(12-29-19(14)10-16)9-15(11-25)20(27)26-18-5-3-2-4-17(18)21(22,23)24/h2-10H,12H2,1H3,(H,26,27)/b15-9+. The van der Waals surface area contributed by atoms with E-state index in [0.29, 0.717) is 17.1 Å². The van der Waals surface area contributed by atoms with E-state index in [0.717, 1.165) is 17.7 Å². The summed E-state index contributed by atoms with van der Waals surface area (Å²) in [6.07, 6.45) is -1.61. The molecule has 1 aliphatic heterocycles. The van der Waals surface area contributed by atoms with Crippen LogP contribution in [0, 0.1) is 11.3 Å². The number of anilines is 1. The molecule has 2 aromatic rings. The first-order valence-electron chi connectivity index (χ1n) is 8.42. The molecule has 1 N–H and O–H groups in total. The summed E-state index contributed by atoms with van der Waals surface area (Å²) in [5.41, 5.74) is -0.498. The summed E-state index contributed by atoms with van der Waals surface area (Å²) in [4.78, 5) is 12.4. The van der Waals surface area contributed by atoms with E-state index in [1.807, 2.05) is 0 Å². The molecule has 8 heteroatoms. The number of hydrogen-bond acceptors (Lipinski definition) is 4. The highest BCUT2D eigenvalue weighted by Gasteiger charge is 2.33. The number of halogens is 3. The minimum atomic E-state index is -4.63. The maximum Gasteiger partial charge on any atom is 0.418 e. The predicted octanol–water partition coefficient (Wildman–Crippen LogP) is 4.58. The molecule has 0 radical (unpaired) electrons. The highest BCUT2D eigenvalue weighted by atomic mass is 19.4. The van der Waals surface area contributed by atoms with Crippen molar-refractivity contribution in [3.05, 3.63) is 70.8 Å². The summed E-state index contributed by atoms with van der Waals surface area (Å²) < 4.78 is 50.0. The molecule has 0 saturated heterocycles. The lowest BCUT2D eigenvalue weighted by atomic mass is 10.0. The number of methoxy groups -OCH3 is 1. The molecule has 2 aromatic carbocycles. The molecular weight excluding hydrogens is 385 g/mol. The fraction of sp³-hybridized carbons (Fsp3) is 0.143. The first-order valence-corrected chi connectivity index (χ1v) is 8.42. The Morgan fingerprint density at radius 3 is 2.72 bits per heavy atom. The molecular formula is C21H15F3N2O3. The first kappa shape index (κ1) is 20.0. The van der Waals surface area contributed by atoms with E-state index in [-0.39, 0.29) is 12.2 Å². The van der Waals surface area contributed by atoms with Crippen LogP contribution in [0.4, 0.5) is 18.9 Å². The van der Waals surface area contributed by atoms with E-state index in [4.69, 9.17) is 9.47 Å². The summed E-state index contributed by atoms with van der Waals surface area (Å²) in [7, 11) is 1.53. The van der Waals surface area contributed by atoms with Gasteiger partial charge in [0.15, 0.2) is 0 Å². The van der Waals surface area contributed by atoms with Crippen molar-refractivity contribution >= 4 is 17.7 Å². The molecule has 29 heavy (non-hydrogen) atoms. The second-order valence-corrected chi connectivity index (χ2v) is 6.08. The number of rotatable bonds is 4. The number of nitriles is 1. The molecule has 3 rings (SSSR count). The number of carbonyl (C=O) groups is 1. The number of nitrogens with one attached hydrogen (secondary N) is 1. The van der Waals surface area contributed by atoms with Crippen LogP contribution in [0.1, 0.15) is 11.1 Å². The molecule has 1 heterocycles. The van der Waals surface area contributed by atoms with Gasteiger partial charge in [0.1, 0.15) is 29.7 Å². The van der Waals surface area contributed by atoms with Crippen LogP contribution in [-0.4, -0.2) is 19.6 Å². The number of nitrogens with zero attached hydrogens (tertiary/aromatic N) is 1. The zero-order valence-electron chi connectivity index (χ0n) is 15.2. The lowest BCUT2D eigenvalue weighted by Crippen LogP contribution is -2.18. The molecule has 148 valence electrons. The fourth-order valence-corrected chi connectivity index (χ4v) is 2.73. The molecule has 0 aliphatic carbocycles. The van der Waals surface area contributed by atoms with Gasteiger partial charge in [0.25, 0.3) is 5.91 Å². The highest BCUT2D eigenvalue weighted by Crippen LogP contribution is 2.35. The number of alkyl halides is 3. The van der Waals surface area contributed by atoms with Gasteiger partial charge in [0.05, 0.1) is 18.4 Å². The van der Waals surface area contributed by atoms with Gasteiger partial charge in [0.2, 0.25) is 0 Å². The maximum absolute atomic E-state index is 13.1. The van der Waals surface area contributed by atoms with Crippen molar-refractivity contribution in [2.24, 2.45) is 0 Å². The Bertz CT molecular complexity index is 1050. The van der Waals surface area contributed by atoms with Crippen LogP contribution in [0.3, 0.4) is 0 Å². The zero-order chi connectivity index (χ0) is 21.0. The van der Waals surface area contributed by atoms with Crippen molar-refractivity contribution < 1.29 is 27.4 Å². The van der Waals surface area contributed by atoms with Crippen LogP contribution in [0.5, 0.6) is 11.5 Å². The van der Waals surface area contributed by atoms with Gasteiger partial charge < -0.3 is 14.8 Å². The SMILES string of the molecule is COc1ccc2c(c1)OCC(/C=C(\C#N)C(=O)Nc1ccccc1C(F)(F)F)=C2. The molecule has 0 aromatic heterocycles. The molecule has 5 nitrogen and oxygen atoms in total. The molecule has 0 bridgehead atoms. The largest absolute Gasteiger partial charge is 0.497 e. The third-order valence-corrected chi connectivity index (χ3v) is 4.13.